The normalized spacial score (nSPS) is 12.8. The summed E-state index contributed by atoms with van der Waals surface area (Å²) in [5.41, 5.74) is 9.28. The maximum atomic E-state index is 13.5. The molecule has 292 valence electrons. The Morgan fingerprint density at radius 3 is 1.26 bits per heavy atom. The molecule has 2 N–H and O–H groups in total. The van der Waals surface area contributed by atoms with Gasteiger partial charge in [0.25, 0.3) is 0 Å². The maximum Gasteiger partial charge on any atom is 0.159 e. The molecule has 0 saturated carbocycles. The lowest BCUT2D eigenvalue weighted by molar-refractivity contribution is 0.402. The van der Waals surface area contributed by atoms with E-state index in [9.17, 15) is 8.78 Å². The Labute approximate surface area is 333 Å². The van der Waals surface area contributed by atoms with Crippen LogP contribution in [0.2, 0.25) is 0 Å². The third-order valence-corrected chi connectivity index (χ3v) is 9.62. The Balaban J connectivity index is 0.000000189. The molecule has 11 heteroatoms. The summed E-state index contributed by atoms with van der Waals surface area (Å²) in [5.74, 6) is 1.20. The quantitative estimate of drug-likeness (QED) is 0.138. The topological polar surface area (TPSA) is 95.0 Å². The molecule has 0 unspecified atom stereocenters. The van der Waals surface area contributed by atoms with Crippen molar-refractivity contribution < 1.29 is 14.3 Å². The zero-order valence-electron chi connectivity index (χ0n) is 32.8. The van der Waals surface area contributed by atoms with Crippen molar-refractivity contribution in [3.05, 3.63) is 168 Å². The van der Waals surface area contributed by atoms with E-state index in [4.69, 9.17) is 9.98 Å². The average Bonchev–Trinajstić information content (AvgIpc) is 3.44. The van der Waals surface area contributed by atoms with E-state index >= 15 is 0 Å². The minimum atomic E-state index is -0.251. The van der Waals surface area contributed by atoms with Crippen LogP contribution in [0, 0.1) is 11.6 Å². The predicted molar refractivity (Wildman–Crippen MR) is 229 cm³/mol. The van der Waals surface area contributed by atoms with Crippen LogP contribution in [0.5, 0.6) is 0 Å². The number of hydrogen-bond acceptors (Lipinski definition) is 8. The number of fused-ring (bicyclic) bond motifs is 4. The molecule has 0 fully saturated rings. The van der Waals surface area contributed by atoms with E-state index in [1.165, 1.54) is 24.3 Å². The highest BCUT2D eigenvalue weighted by molar-refractivity contribution is 6.19. The minimum Gasteiger partial charge on any atom is -0.412 e. The van der Waals surface area contributed by atoms with Crippen LogP contribution < -0.4 is 9.80 Å². The standard InChI is InChI=1S/2C23H23FN4.H2O/c2*1-27(2)15-6-16-28-21-9-4-3-7-19(21)22(17-10-12-18(24)13-11-17)26-20-8-5-14-25-23(20)28;/h2*3-5,7-14H,6,15-16H2,1-2H3;1H2. The van der Waals surface area contributed by atoms with E-state index in [1.54, 1.807) is 36.7 Å². The summed E-state index contributed by atoms with van der Waals surface area (Å²) < 4.78 is 26.9. The van der Waals surface area contributed by atoms with E-state index in [2.05, 4.69) is 82.0 Å². The smallest absolute Gasteiger partial charge is 0.159 e. The molecule has 9 nitrogen and oxygen atoms in total. The first-order chi connectivity index (χ1) is 27.3. The molecule has 8 rings (SSSR count). The zero-order valence-corrected chi connectivity index (χ0v) is 32.8. The Bertz CT molecular complexity index is 2160. The van der Waals surface area contributed by atoms with Crippen molar-refractivity contribution in [1.29, 1.82) is 0 Å². The molecule has 0 amide bonds. The van der Waals surface area contributed by atoms with Crippen LogP contribution in [-0.2, 0) is 0 Å². The van der Waals surface area contributed by atoms with Crippen molar-refractivity contribution >= 4 is 45.8 Å². The maximum absolute atomic E-state index is 13.5. The molecule has 2 aromatic heterocycles. The number of hydrogen-bond donors (Lipinski definition) is 0. The summed E-state index contributed by atoms with van der Waals surface area (Å²) in [6, 6.07) is 37.2. The second-order valence-corrected chi connectivity index (χ2v) is 14.3. The first kappa shape index (κ1) is 40.5. The Morgan fingerprint density at radius 2 is 0.877 bits per heavy atom. The van der Waals surface area contributed by atoms with Crippen molar-refractivity contribution in [2.45, 2.75) is 12.8 Å². The van der Waals surface area contributed by atoms with Gasteiger partial charge in [0.05, 0.1) is 22.8 Å². The number of pyridine rings is 2. The molecule has 0 saturated heterocycles. The van der Waals surface area contributed by atoms with Gasteiger partial charge in [-0.1, -0.05) is 36.4 Å². The summed E-state index contributed by atoms with van der Waals surface area (Å²) in [6.07, 6.45) is 5.62. The molecule has 4 heterocycles. The van der Waals surface area contributed by atoms with E-state index in [-0.39, 0.29) is 17.1 Å². The van der Waals surface area contributed by atoms with Crippen molar-refractivity contribution in [1.82, 2.24) is 19.8 Å². The summed E-state index contributed by atoms with van der Waals surface area (Å²) >= 11 is 0. The molecule has 57 heavy (non-hydrogen) atoms. The number of aliphatic imine (C=N–C) groups is 2. The number of anilines is 4. The number of aromatic nitrogens is 2. The third kappa shape index (κ3) is 9.46. The monoisotopic (exact) mass is 766 g/mol. The average molecular weight is 767 g/mol. The molecule has 0 bridgehead atoms. The highest BCUT2D eigenvalue weighted by Gasteiger charge is 2.26. The van der Waals surface area contributed by atoms with Crippen LogP contribution in [-0.4, -0.2) is 91.0 Å². The zero-order chi connectivity index (χ0) is 39.0. The van der Waals surface area contributed by atoms with Crippen LogP contribution in [0.3, 0.4) is 0 Å². The number of para-hydroxylation sites is 2. The molecular weight excluding hydrogens is 719 g/mol. The Kier molecular flexibility index (Phi) is 13.3. The van der Waals surface area contributed by atoms with Gasteiger partial charge in [-0.05, 0) is 139 Å². The van der Waals surface area contributed by atoms with Gasteiger partial charge >= 0.3 is 0 Å². The Morgan fingerprint density at radius 1 is 0.491 bits per heavy atom. The number of nitrogens with zero attached hydrogens (tertiary/aromatic N) is 8. The van der Waals surface area contributed by atoms with Crippen LogP contribution in [0.15, 0.2) is 144 Å². The Hall–Kier alpha value is -6.14. The van der Waals surface area contributed by atoms with Crippen LogP contribution in [0.4, 0.5) is 43.2 Å². The van der Waals surface area contributed by atoms with Crippen LogP contribution >= 0.6 is 0 Å². The lowest BCUT2D eigenvalue weighted by Gasteiger charge is -2.26. The summed E-state index contributed by atoms with van der Waals surface area (Å²) in [4.78, 5) is 28.1. The predicted octanol–water partition coefficient (Wildman–Crippen LogP) is 8.76. The van der Waals surface area contributed by atoms with Crippen molar-refractivity contribution in [2.75, 3.05) is 64.2 Å². The van der Waals surface area contributed by atoms with E-state index < -0.39 is 0 Å². The van der Waals surface area contributed by atoms with Crippen LogP contribution in [0.25, 0.3) is 0 Å². The fourth-order valence-electron chi connectivity index (χ4n) is 6.97. The van der Waals surface area contributed by atoms with E-state index in [1.807, 2.05) is 48.5 Å². The van der Waals surface area contributed by atoms with Gasteiger partial charge < -0.3 is 25.1 Å². The number of rotatable bonds is 10. The highest BCUT2D eigenvalue weighted by atomic mass is 19.1. The second-order valence-electron chi connectivity index (χ2n) is 14.3. The van der Waals surface area contributed by atoms with Gasteiger partial charge in [0.15, 0.2) is 11.6 Å². The van der Waals surface area contributed by atoms with Crippen LogP contribution in [0.1, 0.15) is 35.1 Å². The molecule has 2 aliphatic rings. The third-order valence-electron chi connectivity index (χ3n) is 9.62. The minimum absolute atomic E-state index is 0. The lowest BCUT2D eigenvalue weighted by Crippen LogP contribution is -2.24. The van der Waals surface area contributed by atoms with Gasteiger partial charge in [0, 0.05) is 47.7 Å². The van der Waals surface area contributed by atoms with Crippen molar-refractivity contribution in [3.8, 4) is 0 Å². The van der Waals surface area contributed by atoms with E-state index in [0.717, 1.165) is 107 Å². The molecule has 2 aliphatic heterocycles. The SMILES string of the molecule is CN(C)CCCN1c2ccccc2C(c2ccc(F)cc2)=Nc2cccnc21.CN(C)CCCN1c2ccccc2C(c2ccc(F)cc2)=Nc2cccnc21.O. The summed E-state index contributed by atoms with van der Waals surface area (Å²) in [5, 5.41) is 0. The van der Waals surface area contributed by atoms with Crippen molar-refractivity contribution in [2.24, 2.45) is 9.98 Å². The first-order valence-corrected chi connectivity index (χ1v) is 18.9. The summed E-state index contributed by atoms with van der Waals surface area (Å²) in [7, 11) is 8.33. The summed E-state index contributed by atoms with van der Waals surface area (Å²) in [6.45, 7) is 3.66. The molecule has 0 atom stereocenters. The van der Waals surface area contributed by atoms with Gasteiger partial charge in [-0.2, -0.15) is 0 Å². The molecular formula is C46H48F2N8O. The van der Waals surface area contributed by atoms with Gasteiger partial charge in [-0.15, -0.1) is 0 Å². The largest absolute Gasteiger partial charge is 0.412 e. The first-order valence-electron chi connectivity index (χ1n) is 18.9. The molecule has 4 aromatic carbocycles. The van der Waals surface area contributed by atoms with Gasteiger partial charge in [0.1, 0.15) is 23.0 Å². The molecule has 0 spiro atoms. The molecule has 6 aromatic rings. The second kappa shape index (κ2) is 18.7. The fraction of sp³-hybridized carbons (Fsp3) is 0.217. The van der Waals surface area contributed by atoms with Gasteiger partial charge in [-0.25, -0.2) is 28.7 Å². The fourth-order valence-corrected chi connectivity index (χ4v) is 6.97. The van der Waals surface area contributed by atoms with Crippen molar-refractivity contribution in [3.63, 3.8) is 0 Å². The number of halogens is 2. The van der Waals surface area contributed by atoms with Gasteiger partial charge in [-0.3, -0.25) is 0 Å². The molecule has 0 aliphatic carbocycles. The number of benzene rings is 4. The lowest BCUT2D eigenvalue weighted by atomic mass is 10.00. The van der Waals surface area contributed by atoms with Gasteiger partial charge in [0.2, 0.25) is 0 Å². The van der Waals surface area contributed by atoms with E-state index in [0.29, 0.717) is 0 Å². The molecule has 0 radical (unpaired) electrons. The highest BCUT2D eigenvalue weighted by Crippen LogP contribution is 2.40.